The highest BCUT2D eigenvalue weighted by molar-refractivity contribution is 4.92. The zero-order chi connectivity index (χ0) is 15.6. The van der Waals surface area contributed by atoms with Crippen LogP contribution in [-0.4, -0.2) is 48.8 Å². The average molecular weight is 296 g/mol. The molecular formula is C18H36N2O. The molecule has 0 aromatic heterocycles. The first-order valence-corrected chi connectivity index (χ1v) is 8.81. The van der Waals surface area contributed by atoms with E-state index in [1.54, 1.807) is 0 Å². The minimum Gasteiger partial charge on any atom is -0.373 e. The summed E-state index contributed by atoms with van der Waals surface area (Å²) in [6, 6.07) is 0. The summed E-state index contributed by atoms with van der Waals surface area (Å²) in [5, 5.41) is 3.78. The fraction of sp³-hybridized carbons (Fsp3) is 1.00. The molecule has 1 saturated heterocycles. The van der Waals surface area contributed by atoms with E-state index < -0.39 is 0 Å². The van der Waals surface area contributed by atoms with Crippen molar-refractivity contribution in [2.75, 3.05) is 32.8 Å². The molecule has 0 aromatic rings. The second-order valence-corrected chi connectivity index (χ2v) is 8.98. The Bertz CT molecular complexity index is 327. The minimum absolute atomic E-state index is 0.0194. The Kier molecular flexibility index (Phi) is 5.38. The van der Waals surface area contributed by atoms with Crippen LogP contribution in [0.3, 0.4) is 0 Å². The third-order valence-electron chi connectivity index (χ3n) is 4.97. The molecule has 0 radical (unpaired) electrons. The van der Waals surface area contributed by atoms with Crippen LogP contribution >= 0.6 is 0 Å². The second kappa shape index (κ2) is 6.55. The van der Waals surface area contributed by atoms with E-state index in [-0.39, 0.29) is 11.1 Å². The van der Waals surface area contributed by atoms with Gasteiger partial charge in [0.2, 0.25) is 0 Å². The van der Waals surface area contributed by atoms with Crippen LogP contribution in [0, 0.1) is 5.41 Å². The normalized spacial score (nSPS) is 26.7. The lowest BCUT2D eigenvalue weighted by molar-refractivity contribution is -0.0967. The SMILES string of the molecule is CC(C)(C)NCC1(CN2CCOC(C)(C)C2)CCCCC1. The Morgan fingerprint density at radius 2 is 1.76 bits per heavy atom. The van der Waals surface area contributed by atoms with Crippen molar-refractivity contribution in [3.05, 3.63) is 0 Å². The zero-order valence-corrected chi connectivity index (χ0v) is 14.9. The molecule has 0 atom stereocenters. The van der Waals surface area contributed by atoms with Crippen molar-refractivity contribution in [1.82, 2.24) is 10.2 Å². The third kappa shape index (κ3) is 5.54. The number of ether oxygens (including phenoxy) is 1. The third-order valence-corrected chi connectivity index (χ3v) is 4.97. The van der Waals surface area contributed by atoms with Crippen molar-refractivity contribution >= 4 is 0 Å². The van der Waals surface area contributed by atoms with Gasteiger partial charge in [-0.05, 0) is 52.9 Å². The summed E-state index contributed by atoms with van der Waals surface area (Å²) in [6.45, 7) is 16.7. The molecule has 1 heterocycles. The van der Waals surface area contributed by atoms with Crippen molar-refractivity contribution in [3.8, 4) is 0 Å². The van der Waals surface area contributed by atoms with Gasteiger partial charge in [0.1, 0.15) is 0 Å². The molecule has 3 heteroatoms. The molecule has 2 aliphatic rings. The van der Waals surface area contributed by atoms with Gasteiger partial charge in [0.05, 0.1) is 12.2 Å². The van der Waals surface area contributed by atoms with Gasteiger partial charge < -0.3 is 10.1 Å². The Morgan fingerprint density at radius 3 is 2.33 bits per heavy atom. The standard InChI is InChI=1S/C18H36N2O/c1-16(2,3)19-13-18(9-7-6-8-10-18)15-20-11-12-21-17(4,5)14-20/h19H,6-15H2,1-5H3. The number of nitrogens with one attached hydrogen (secondary N) is 1. The molecule has 21 heavy (non-hydrogen) atoms. The lowest BCUT2D eigenvalue weighted by Crippen LogP contribution is -2.55. The van der Waals surface area contributed by atoms with Crippen molar-refractivity contribution in [2.24, 2.45) is 5.41 Å². The van der Waals surface area contributed by atoms with E-state index in [9.17, 15) is 0 Å². The summed E-state index contributed by atoms with van der Waals surface area (Å²) >= 11 is 0. The maximum atomic E-state index is 5.87. The smallest absolute Gasteiger partial charge is 0.0753 e. The summed E-state index contributed by atoms with van der Waals surface area (Å²) in [5.74, 6) is 0. The number of hydrogen-bond acceptors (Lipinski definition) is 3. The van der Waals surface area contributed by atoms with E-state index in [1.807, 2.05) is 0 Å². The lowest BCUT2D eigenvalue weighted by atomic mass is 9.73. The Hall–Kier alpha value is -0.120. The molecule has 1 N–H and O–H groups in total. The van der Waals surface area contributed by atoms with Gasteiger partial charge in [0, 0.05) is 31.7 Å². The quantitative estimate of drug-likeness (QED) is 0.860. The number of nitrogens with zero attached hydrogens (tertiary/aromatic N) is 1. The van der Waals surface area contributed by atoms with Crippen LogP contribution < -0.4 is 5.32 Å². The highest BCUT2D eigenvalue weighted by Gasteiger charge is 2.37. The predicted molar refractivity (Wildman–Crippen MR) is 89.7 cm³/mol. The zero-order valence-electron chi connectivity index (χ0n) is 14.9. The van der Waals surface area contributed by atoms with E-state index in [2.05, 4.69) is 44.8 Å². The van der Waals surface area contributed by atoms with Crippen LogP contribution in [-0.2, 0) is 4.74 Å². The average Bonchev–Trinajstić information content (AvgIpc) is 2.36. The van der Waals surface area contributed by atoms with E-state index >= 15 is 0 Å². The molecule has 2 rings (SSSR count). The predicted octanol–water partition coefficient (Wildman–Crippen LogP) is 3.44. The van der Waals surface area contributed by atoms with E-state index in [1.165, 1.54) is 38.6 Å². The van der Waals surface area contributed by atoms with Crippen LogP contribution in [0.1, 0.15) is 66.7 Å². The van der Waals surface area contributed by atoms with Crippen LogP contribution in [0.25, 0.3) is 0 Å². The maximum absolute atomic E-state index is 5.87. The van der Waals surface area contributed by atoms with Crippen molar-refractivity contribution < 1.29 is 4.74 Å². The fourth-order valence-corrected chi connectivity index (χ4v) is 3.87. The molecule has 0 amide bonds. The Labute approximate surface area is 131 Å². The molecule has 1 aliphatic heterocycles. The molecule has 0 spiro atoms. The summed E-state index contributed by atoms with van der Waals surface area (Å²) in [4.78, 5) is 2.65. The summed E-state index contributed by atoms with van der Waals surface area (Å²) in [7, 11) is 0. The maximum Gasteiger partial charge on any atom is 0.0753 e. The summed E-state index contributed by atoms with van der Waals surface area (Å²) in [5.41, 5.74) is 0.708. The molecule has 0 unspecified atom stereocenters. The summed E-state index contributed by atoms with van der Waals surface area (Å²) < 4.78 is 5.87. The summed E-state index contributed by atoms with van der Waals surface area (Å²) in [6.07, 6.45) is 6.99. The largest absolute Gasteiger partial charge is 0.373 e. The first-order chi connectivity index (χ1) is 9.70. The van der Waals surface area contributed by atoms with Crippen LogP contribution in [0.2, 0.25) is 0 Å². The van der Waals surface area contributed by atoms with Gasteiger partial charge >= 0.3 is 0 Å². The first kappa shape index (κ1) is 17.2. The van der Waals surface area contributed by atoms with Crippen LogP contribution in [0.5, 0.6) is 0 Å². The van der Waals surface area contributed by atoms with Crippen molar-refractivity contribution in [3.63, 3.8) is 0 Å². The molecule has 0 bridgehead atoms. The highest BCUT2D eigenvalue weighted by atomic mass is 16.5. The van der Waals surface area contributed by atoms with Crippen molar-refractivity contribution in [2.45, 2.75) is 77.9 Å². The van der Waals surface area contributed by atoms with Crippen LogP contribution in [0.4, 0.5) is 0 Å². The molecule has 0 aromatic carbocycles. The van der Waals surface area contributed by atoms with Gasteiger partial charge in [-0.2, -0.15) is 0 Å². The monoisotopic (exact) mass is 296 g/mol. The second-order valence-electron chi connectivity index (χ2n) is 8.98. The highest BCUT2D eigenvalue weighted by Crippen LogP contribution is 2.37. The van der Waals surface area contributed by atoms with Gasteiger partial charge in [-0.15, -0.1) is 0 Å². The minimum atomic E-state index is 0.0194. The molecule has 2 fully saturated rings. The number of rotatable bonds is 4. The van der Waals surface area contributed by atoms with E-state index in [0.29, 0.717) is 5.41 Å². The number of hydrogen-bond donors (Lipinski definition) is 1. The van der Waals surface area contributed by atoms with Crippen molar-refractivity contribution in [1.29, 1.82) is 0 Å². The van der Waals surface area contributed by atoms with Gasteiger partial charge in [-0.1, -0.05) is 19.3 Å². The van der Waals surface area contributed by atoms with E-state index in [0.717, 1.165) is 26.2 Å². The molecule has 124 valence electrons. The van der Waals surface area contributed by atoms with Gasteiger partial charge in [0.25, 0.3) is 0 Å². The fourth-order valence-electron chi connectivity index (χ4n) is 3.87. The topological polar surface area (TPSA) is 24.5 Å². The van der Waals surface area contributed by atoms with E-state index in [4.69, 9.17) is 4.74 Å². The van der Waals surface area contributed by atoms with Crippen LogP contribution in [0.15, 0.2) is 0 Å². The first-order valence-electron chi connectivity index (χ1n) is 8.81. The lowest BCUT2D eigenvalue weighted by Gasteiger charge is -2.46. The van der Waals surface area contributed by atoms with Gasteiger partial charge in [0.15, 0.2) is 0 Å². The molecule has 3 nitrogen and oxygen atoms in total. The van der Waals surface area contributed by atoms with Gasteiger partial charge in [-0.25, -0.2) is 0 Å². The molecule has 1 saturated carbocycles. The van der Waals surface area contributed by atoms with Gasteiger partial charge in [-0.3, -0.25) is 4.90 Å². The molecular weight excluding hydrogens is 260 g/mol. The Balaban J connectivity index is 1.98. The Morgan fingerprint density at radius 1 is 1.10 bits per heavy atom. The molecule has 1 aliphatic carbocycles. The number of morpholine rings is 1.